The molecule has 2 aromatic carbocycles. The lowest BCUT2D eigenvalue weighted by Crippen LogP contribution is -2.24. The quantitative estimate of drug-likeness (QED) is 0.895. The Kier molecular flexibility index (Phi) is 4.86. The number of halogens is 1. The molecule has 0 radical (unpaired) electrons. The molecule has 3 heteroatoms. The van der Waals surface area contributed by atoms with Crippen LogP contribution >= 0.6 is 0 Å². The molecule has 0 heterocycles. The van der Waals surface area contributed by atoms with E-state index in [1.807, 2.05) is 43.3 Å². The van der Waals surface area contributed by atoms with Crippen molar-refractivity contribution in [3.8, 4) is 6.07 Å². The van der Waals surface area contributed by atoms with Crippen LogP contribution in [-0.4, -0.2) is 6.54 Å². The molecule has 1 unspecified atom stereocenters. The number of nitrogens with zero attached hydrogens (tertiary/aromatic N) is 1. The van der Waals surface area contributed by atoms with Gasteiger partial charge >= 0.3 is 0 Å². The van der Waals surface area contributed by atoms with E-state index in [-0.39, 0.29) is 17.8 Å². The van der Waals surface area contributed by atoms with Crippen LogP contribution in [-0.2, 0) is 0 Å². The van der Waals surface area contributed by atoms with E-state index in [1.165, 1.54) is 12.1 Å². The molecule has 0 spiro atoms. The molecule has 2 aromatic rings. The van der Waals surface area contributed by atoms with Crippen LogP contribution in [0.15, 0.2) is 54.6 Å². The fraction of sp³-hybridized carbons (Fsp3) is 0.235. The monoisotopic (exact) mass is 268 g/mol. The second kappa shape index (κ2) is 6.83. The van der Waals surface area contributed by atoms with Gasteiger partial charge in [0.25, 0.3) is 0 Å². The summed E-state index contributed by atoms with van der Waals surface area (Å²) in [5.41, 5.74) is 1.88. The zero-order chi connectivity index (χ0) is 14.4. The van der Waals surface area contributed by atoms with Crippen molar-refractivity contribution in [3.63, 3.8) is 0 Å². The van der Waals surface area contributed by atoms with Gasteiger partial charge in [0, 0.05) is 12.6 Å². The molecule has 2 nitrogen and oxygen atoms in total. The Morgan fingerprint density at radius 1 is 1.10 bits per heavy atom. The predicted octanol–water partition coefficient (Wildman–Crippen LogP) is 3.78. The van der Waals surface area contributed by atoms with Gasteiger partial charge in [-0.15, -0.1) is 0 Å². The molecular weight excluding hydrogens is 251 g/mol. The fourth-order valence-corrected chi connectivity index (χ4v) is 2.11. The van der Waals surface area contributed by atoms with Crippen LogP contribution in [0.5, 0.6) is 0 Å². The van der Waals surface area contributed by atoms with Crippen LogP contribution in [0.2, 0.25) is 0 Å². The smallest absolute Gasteiger partial charge is 0.123 e. The van der Waals surface area contributed by atoms with Gasteiger partial charge in [0.1, 0.15) is 5.82 Å². The van der Waals surface area contributed by atoms with Gasteiger partial charge in [0.15, 0.2) is 0 Å². The lowest BCUT2D eigenvalue weighted by Gasteiger charge is -2.17. The van der Waals surface area contributed by atoms with Gasteiger partial charge in [-0.05, 0) is 30.2 Å². The van der Waals surface area contributed by atoms with Crippen molar-refractivity contribution in [2.75, 3.05) is 6.54 Å². The van der Waals surface area contributed by atoms with Gasteiger partial charge < -0.3 is 5.32 Å². The molecule has 2 atom stereocenters. The molecule has 0 bridgehead atoms. The highest BCUT2D eigenvalue weighted by atomic mass is 19.1. The van der Waals surface area contributed by atoms with Crippen molar-refractivity contribution in [1.82, 2.24) is 5.32 Å². The van der Waals surface area contributed by atoms with Gasteiger partial charge in [0.2, 0.25) is 0 Å². The van der Waals surface area contributed by atoms with Crippen molar-refractivity contribution in [2.24, 2.45) is 0 Å². The van der Waals surface area contributed by atoms with Crippen molar-refractivity contribution in [2.45, 2.75) is 18.9 Å². The fourth-order valence-electron chi connectivity index (χ4n) is 2.11. The van der Waals surface area contributed by atoms with E-state index in [4.69, 9.17) is 0 Å². The second-order valence-electron chi connectivity index (χ2n) is 4.78. The third kappa shape index (κ3) is 3.66. The molecule has 0 aliphatic rings. The van der Waals surface area contributed by atoms with Gasteiger partial charge in [-0.3, -0.25) is 0 Å². The molecule has 0 aliphatic heterocycles. The first-order valence-corrected chi connectivity index (χ1v) is 6.64. The lowest BCUT2D eigenvalue weighted by molar-refractivity contribution is 0.551. The van der Waals surface area contributed by atoms with E-state index in [0.717, 1.165) is 11.1 Å². The Labute approximate surface area is 118 Å². The largest absolute Gasteiger partial charge is 0.309 e. The standard InChI is InChI=1S/C17H17FN2/c1-13(15-8-5-9-17(18)10-15)20-12-16(11-19)14-6-3-2-4-7-14/h2-10,13,16,20H,12H2,1H3/t13-,16?/m0/s1. The second-order valence-corrected chi connectivity index (χ2v) is 4.78. The Morgan fingerprint density at radius 2 is 1.80 bits per heavy atom. The first kappa shape index (κ1) is 14.2. The lowest BCUT2D eigenvalue weighted by atomic mass is 10.00. The number of benzene rings is 2. The molecule has 0 fully saturated rings. The molecule has 0 saturated heterocycles. The Balaban J connectivity index is 1.99. The van der Waals surface area contributed by atoms with Crippen molar-refractivity contribution in [3.05, 3.63) is 71.5 Å². The van der Waals surface area contributed by atoms with Crippen LogP contribution in [0.25, 0.3) is 0 Å². The molecule has 0 aromatic heterocycles. The summed E-state index contributed by atoms with van der Waals surface area (Å²) in [5.74, 6) is -0.441. The van der Waals surface area contributed by atoms with Gasteiger partial charge in [-0.2, -0.15) is 5.26 Å². The predicted molar refractivity (Wildman–Crippen MR) is 77.6 cm³/mol. The average molecular weight is 268 g/mol. The summed E-state index contributed by atoms with van der Waals surface area (Å²) >= 11 is 0. The molecule has 1 N–H and O–H groups in total. The Bertz CT molecular complexity index is 589. The van der Waals surface area contributed by atoms with E-state index in [1.54, 1.807) is 6.07 Å². The summed E-state index contributed by atoms with van der Waals surface area (Å²) in [6, 6.07) is 18.5. The maximum atomic E-state index is 13.2. The van der Waals surface area contributed by atoms with E-state index < -0.39 is 0 Å². The van der Waals surface area contributed by atoms with Crippen LogP contribution < -0.4 is 5.32 Å². The number of nitrogens with one attached hydrogen (secondary N) is 1. The molecule has 0 amide bonds. The van der Waals surface area contributed by atoms with Crippen LogP contribution in [0.3, 0.4) is 0 Å². The van der Waals surface area contributed by atoms with E-state index in [9.17, 15) is 9.65 Å². The molecule has 0 aliphatic carbocycles. The topological polar surface area (TPSA) is 35.8 Å². The maximum Gasteiger partial charge on any atom is 0.123 e. The van der Waals surface area contributed by atoms with Crippen molar-refractivity contribution >= 4 is 0 Å². The first-order valence-electron chi connectivity index (χ1n) is 6.64. The van der Waals surface area contributed by atoms with Gasteiger partial charge in [-0.1, -0.05) is 42.5 Å². The van der Waals surface area contributed by atoms with E-state index in [0.29, 0.717) is 6.54 Å². The molecular formula is C17H17FN2. The minimum Gasteiger partial charge on any atom is -0.309 e. The van der Waals surface area contributed by atoms with Crippen molar-refractivity contribution < 1.29 is 4.39 Å². The Hall–Kier alpha value is -2.18. The average Bonchev–Trinajstić information content (AvgIpc) is 2.49. The summed E-state index contributed by atoms with van der Waals surface area (Å²) in [5, 5.41) is 12.5. The number of hydrogen-bond donors (Lipinski definition) is 1. The summed E-state index contributed by atoms with van der Waals surface area (Å²) in [6.45, 7) is 2.51. The number of rotatable bonds is 5. The third-order valence-electron chi connectivity index (χ3n) is 3.33. The first-order chi connectivity index (χ1) is 9.70. The van der Waals surface area contributed by atoms with E-state index in [2.05, 4.69) is 11.4 Å². The van der Waals surface area contributed by atoms with Gasteiger partial charge in [0.05, 0.1) is 12.0 Å². The van der Waals surface area contributed by atoms with Crippen molar-refractivity contribution in [1.29, 1.82) is 5.26 Å². The normalized spacial score (nSPS) is 13.4. The SMILES string of the molecule is C[C@H](NCC(C#N)c1ccccc1)c1cccc(F)c1. The highest BCUT2D eigenvalue weighted by molar-refractivity contribution is 5.25. The summed E-state index contributed by atoms with van der Waals surface area (Å²) in [4.78, 5) is 0. The summed E-state index contributed by atoms with van der Waals surface area (Å²) in [7, 11) is 0. The Morgan fingerprint density at radius 3 is 2.45 bits per heavy atom. The third-order valence-corrected chi connectivity index (χ3v) is 3.33. The highest BCUT2D eigenvalue weighted by Crippen LogP contribution is 2.17. The molecule has 102 valence electrons. The molecule has 20 heavy (non-hydrogen) atoms. The highest BCUT2D eigenvalue weighted by Gasteiger charge is 2.12. The zero-order valence-electron chi connectivity index (χ0n) is 11.4. The van der Waals surface area contributed by atoms with Crippen LogP contribution in [0, 0.1) is 17.1 Å². The minimum absolute atomic E-state index is 0.00487. The summed E-state index contributed by atoms with van der Waals surface area (Å²) in [6.07, 6.45) is 0. The van der Waals surface area contributed by atoms with Gasteiger partial charge in [-0.25, -0.2) is 4.39 Å². The van der Waals surface area contributed by atoms with Crippen LogP contribution in [0.4, 0.5) is 4.39 Å². The minimum atomic E-state index is -0.240. The summed E-state index contributed by atoms with van der Waals surface area (Å²) < 4.78 is 13.2. The maximum absolute atomic E-state index is 13.2. The van der Waals surface area contributed by atoms with E-state index >= 15 is 0 Å². The van der Waals surface area contributed by atoms with Crippen LogP contribution in [0.1, 0.15) is 30.0 Å². The molecule has 0 saturated carbocycles. The zero-order valence-corrected chi connectivity index (χ0v) is 11.4. The molecule has 2 rings (SSSR count). The number of nitriles is 1. The number of hydrogen-bond acceptors (Lipinski definition) is 2.